The zero-order valence-electron chi connectivity index (χ0n) is 14.4. The van der Waals surface area contributed by atoms with E-state index in [1.165, 1.54) is 11.8 Å². The first-order valence-corrected chi connectivity index (χ1v) is 9.02. The predicted molar refractivity (Wildman–Crippen MR) is 107 cm³/mol. The summed E-state index contributed by atoms with van der Waals surface area (Å²) in [6.45, 7) is 2.15. The van der Waals surface area contributed by atoms with Crippen molar-refractivity contribution in [1.29, 1.82) is 5.26 Å². The first-order chi connectivity index (χ1) is 12.5. The number of benzene rings is 2. The lowest BCUT2D eigenvalue weighted by Crippen LogP contribution is -2.14. The molecule has 0 heterocycles. The van der Waals surface area contributed by atoms with Gasteiger partial charge in [0.15, 0.2) is 0 Å². The number of carbonyl (C=O) groups is 1. The molecule has 0 fully saturated rings. The van der Waals surface area contributed by atoms with Gasteiger partial charge in [-0.2, -0.15) is 5.26 Å². The quantitative estimate of drug-likeness (QED) is 0.466. The lowest BCUT2D eigenvalue weighted by atomic mass is 10.1. The van der Waals surface area contributed by atoms with Crippen molar-refractivity contribution in [3.8, 4) is 6.07 Å². The number of unbranched alkanes of at least 4 members (excludes halogenated alkanes) is 1. The SMILES string of the molecule is CCCCc1ccc(NC(=O)/C(C#N)=C\Nc2cccc(Cl)c2Cl)cc1. The summed E-state index contributed by atoms with van der Waals surface area (Å²) < 4.78 is 0. The lowest BCUT2D eigenvalue weighted by Gasteiger charge is -2.08. The first kappa shape index (κ1) is 19.8. The highest BCUT2D eigenvalue weighted by molar-refractivity contribution is 6.43. The van der Waals surface area contributed by atoms with E-state index < -0.39 is 5.91 Å². The molecule has 0 aromatic heterocycles. The van der Waals surface area contributed by atoms with E-state index in [-0.39, 0.29) is 5.57 Å². The molecular weight excluding hydrogens is 369 g/mol. The molecule has 134 valence electrons. The van der Waals surface area contributed by atoms with Gasteiger partial charge in [0.25, 0.3) is 5.91 Å². The molecule has 0 atom stereocenters. The first-order valence-electron chi connectivity index (χ1n) is 8.26. The normalized spacial score (nSPS) is 10.9. The van der Waals surface area contributed by atoms with Gasteiger partial charge in [0.05, 0.1) is 15.7 Å². The maximum absolute atomic E-state index is 12.3. The van der Waals surface area contributed by atoms with E-state index in [9.17, 15) is 10.1 Å². The summed E-state index contributed by atoms with van der Waals surface area (Å²) in [5.41, 5.74) is 2.30. The molecule has 0 aliphatic rings. The van der Waals surface area contributed by atoms with Gasteiger partial charge in [-0.1, -0.05) is 54.7 Å². The highest BCUT2D eigenvalue weighted by Gasteiger charge is 2.10. The Hall–Kier alpha value is -2.48. The van der Waals surface area contributed by atoms with Crippen LogP contribution >= 0.6 is 23.2 Å². The minimum Gasteiger partial charge on any atom is -0.359 e. The van der Waals surface area contributed by atoms with E-state index in [1.807, 2.05) is 30.3 Å². The van der Waals surface area contributed by atoms with E-state index in [0.29, 0.717) is 21.4 Å². The smallest absolute Gasteiger partial charge is 0.267 e. The van der Waals surface area contributed by atoms with Crippen molar-refractivity contribution in [2.75, 3.05) is 10.6 Å². The Morgan fingerprint density at radius 1 is 1.19 bits per heavy atom. The molecule has 26 heavy (non-hydrogen) atoms. The monoisotopic (exact) mass is 387 g/mol. The van der Waals surface area contributed by atoms with Crippen LogP contribution < -0.4 is 10.6 Å². The van der Waals surface area contributed by atoms with Gasteiger partial charge in [-0.05, 0) is 42.7 Å². The molecule has 2 aromatic carbocycles. The molecule has 0 aliphatic heterocycles. The number of nitrogens with one attached hydrogen (secondary N) is 2. The predicted octanol–water partition coefficient (Wildman–Crippen LogP) is 5.79. The second-order valence-corrected chi connectivity index (χ2v) is 6.46. The number of hydrogen-bond acceptors (Lipinski definition) is 3. The molecule has 2 aromatic rings. The third-order valence-electron chi connectivity index (χ3n) is 3.72. The van der Waals surface area contributed by atoms with Gasteiger partial charge in [0.1, 0.15) is 11.6 Å². The Balaban J connectivity index is 2.04. The Morgan fingerprint density at radius 2 is 1.92 bits per heavy atom. The second-order valence-electron chi connectivity index (χ2n) is 5.67. The number of nitrogens with zero attached hydrogens (tertiary/aromatic N) is 1. The van der Waals surface area contributed by atoms with Crippen molar-refractivity contribution in [3.05, 3.63) is 69.8 Å². The third kappa shape index (κ3) is 5.52. The van der Waals surface area contributed by atoms with Crippen LogP contribution in [-0.4, -0.2) is 5.91 Å². The van der Waals surface area contributed by atoms with Crippen molar-refractivity contribution in [3.63, 3.8) is 0 Å². The van der Waals surface area contributed by atoms with Gasteiger partial charge in [-0.15, -0.1) is 0 Å². The molecule has 0 radical (unpaired) electrons. The molecular formula is C20H19Cl2N3O. The Bertz CT molecular complexity index is 839. The van der Waals surface area contributed by atoms with Gasteiger partial charge < -0.3 is 10.6 Å². The molecule has 0 unspecified atom stereocenters. The second kappa shape index (κ2) is 9.86. The summed E-state index contributed by atoms with van der Waals surface area (Å²) in [4.78, 5) is 12.3. The lowest BCUT2D eigenvalue weighted by molar-refractivity contribution is -0.112. The van der Waals surface area contributed by atoms with Crippen molar-refractivity contribution in [2.24, 2.45) is 0 Å². The van der Waals surface area contributed by atoms with Gasteiger partial charge in [-0.3, -0.25) is 4.79 Å². The fourth-order valence-electron chi connectivity index (χ4n) is 2.25. The number of anilines is 2. The van der Waals surface area contributed by atoms with Gasteiger partial charge in [0, 0.05) is 11.9 Å². The van der Waals surface area contributed by atoms with E-state index in [1.54, 1.807) is 18.2 Å². The summed E-state index contributed by atoms with van der Waals surface area (Å²) in [7, 11) is 0. The van der Waals surface area contributed by atoms with Crippen LogP contribution in [-0.2, 0) is 11.2 Å². The zero-order valence-corrected chi connectivity index (χ0v) is 15.9. The maximum atomic E-state index is 12.3. The number of aryl methyl sites for hydroxylation is 1. The van der Waals surface area contributed by atoms with Crippen LogP contribution in [0.1, 0.15) is 25.3 Å². The summed E-state index contributed by atoms with van der Waals surface area (Å²) >= 11 is 12.0. The summed E-state index contributed by atoms with van der Waals surface area (Å²) in [5, 5.41) is 15.5. The van der Waals surface area contributed by atoms with Crippen molar-refractivity contribution >= 4 is 40.5 Å². The van der Waals surface area contributed by atoms with E-state index in [0.717, 1.165) is 19.3 Å². The molecule has 0 saturated carbocycles. The Morgan fingerprint density at radius 3 is 2.58 bits per heavy atom. The summed E-state index contributed by atoms with van der Waals surface area (Å²) in [5.74, 6) is -0.501. The minimum absolute atomic E-state index is 0.0731. The van der Waals surface area contributed by atoms with Crippen LogP contribution in [0.15, 0.2) is 54.2 Å². The van der Waals surface area contributed by atoms with Gasteiger partial charge in [-0.25, -0.2) is 0 Å². The third-order valence-corrected chi connectivity index (χ3v) is 4.54. The van der Waals surface area contributed by atoms with E-state index >= 15 is 0 Å². The number of halogens is 2. The van der Waals surface area contributed by atoms with E-state index in [4.69, 9.17) is 23.2 Å². The fraction of sp³-hybridized carbons (Fsp3) is 0.200. The van der Waals surface area contributed by atoms with Crippen LogP contribution in [0.5, 0.6) is 0 Å². The van der Waals surface area contributed by atoms with Crippen LogP contribution in [0.2, 0.25) is 10.0 Å². The number of amides is 1. The van der Waals surface area contributed by atoms with Gasteiger partial charge >= 0.3 is 0 Å². The fourth-order valence-corrected chi connectivity index (χ4v) is 2.60. The highest BCUT2D eigenvalue weighted by atomic mass is 35.5. The standard InChI is InChI=1S/C20H19Cl2N3O/c1-2-3-5-14-8-10-16(11-9-14)25-20(26)15(12-23)13-24-18-7-4-6-17(21)19(18)22/h4,6-11,13,24H,2-3,5H2,1H3,(H,25,26)/b15-13-. The average molecular weight is 388 g/mol. The summed E-state index contributed by atoms with van der Waals surface area (Å²) in [6, 6.07) is 14.6. The molecule has 1 amide bonds. The zero-order chi connectivity index (χ0) is 18.9. The van der Waals surface area contributed by atoms with Crippen LogP contribution in [0.3, 0.4) is 0 Å². The van der Waals surface area contributed by atoms with Gasteiger partial charge in [0.2, 0.25) is 0 Å². The van der Waals surface area contributed by atoms with Crippen LogP contribution in [0, 0.1) is 11.3 Å². The molecule has 2 N–H and O–H groups in total. The molecule has 0 aliphatic carbocycles. The van der Waals surface area contributed by atoms with Crippen LogP contribution in [0.4, 0.5) is 11.4 Å². The van der Waals surface area contributed by atoms with Crippen LogP contribution in [0.25, 0.3) is 0 Å². The molecule has 0 spiro atoms. The molecule has 6 heteroatoms. The summed E-state index contributed by atoms with van der Waals surface area (Å²) in [6.07, 6.45) is 4.59. The molecule has 2 rings (SSSR count). The topological polar surface area (TPSA) is 64.9 Å². The molecule has 0 bridgehead atoms. The largest absolute Gasteiger partial charge is 0.359 e. The molecule has 4 nitrogen and oxygen atoms in total. The number of rotatable bonds is 7. The highest BCUT2D eigenvalue weighted by Crippen LogP contribution is 2.29. The minimum atomic E-state index is -0.501. The maximum Gasteiger partial charge on any atom is 0.267 e. The van der Waals surface area contributed by atoms with Crippen molar-refractivity contribution in [2.45, 2.75) is 26.2 Å². The average Bonchev–Trinajstić information content (AvgIpc) is 2.65. The number of hydrogen-bond donors (Lipinski definition) is 2. The Labute approximate surface area is 163 Å². The van der Waals surface area contributed by atoms with E-state index in [2.05, 4.69) is 17.6 Å². The Kier molecular flexibility index (Phi) is 7.53. The number of carbonyl (C=O) groups excluding carboxylic acids is 1. The van der Waals surface area contributed by atoms with Crippen molar-refractivity contribution in [1.82, 2.24) is 0 Å². The van der Waals surface area contributed by atoms with Crippen molar-refractivity contribution < 1.29 is 4.79 Å². The molecule has 0 saturated heterocycles. The number of nitriles is 1.